The number of hydrogen-bond acceptors (Lipinski definition) is 4. The highest BCUT2D eigenvalue weighted by Gasteiger charge is 2.23. The molecule has 4 aromatic rings. The van der Waals surface area contributed by atoms with Crippen LogP contribution in [0.15, 0.2) is 115 Å². The lowest BCUT2D eigenvalue weighted by Crippen LogP contribution is -2.44. The van der Waals surface area contributed by atoms with Crippen molar-refractivity contribution in [3.63, 3.8) is 0 Å². The largest absolute Gasteiger partial charge is 0.489 e. The van der Waals surface area contributed by atoms with Crippen LogP contribution in [0.4, 0.5) is 0 Å². The normalized spacial score (nSPS) is 11.3. The molecule has 5 heteroatoms. The summed E-state index contributed by atoms with van der Waals surface area (Å²) in [6, 6.07) is 35.6. The second-order valence-electron chi connectivity index (χ2n) is 8.50. The molecule has 0 aliphatic rings. The monoisotopic (exact) mass is 479 g/mol. The molecule has 0 aliphatic heterocycles. The van der Waals surface area contributed by atoms with E-state index >= 15 is 0 Å². The molecule has 0 aliphatic carbocycles. The Bertz CT molecular complexity index is 1240. The quantitative estimate of drug-likeness (QED) is 0.297. The van der Waals surface area contributed by atoms with E-state index in [0.717, 1.165) is 22.3 Å². The molecule has 0 saturated heterocycles. The first-order chi connectivity index (χ1) is 17.7. The van der Waals surface area contributed by atoms with E-state index in [4.69, 9.17) is 9.47 Å². The zero-order valence-corrected chi connectivity index (χ0v) is 20.0. The Morgan fingerprint density at radius 2 is 1.19 bits per heavy atom. The second kappa shape index (κ2) is 12.9. The van der Waals surface area contributed by atoms with Crippen molar-refractivity contribution >= 4 is 11.9 Å². The van der Waals surface area contributed by atoms with Gasteiger partial charge < -0.3 is 14.8 Å². The number of ether oxygens (including phenoxy) is 2. The highest BCUT2D eigenvalue weighted by atomic mass is 16.5. The van der Waals surface area contributed by atoms with Crippen molar-refractivity contribution in [3.05, 3.63) is 138 Å². The van der Waals surface area contributed by atoms with Gasteiger partial charge in [0.25, 0.3) is 0 Å². The molecule has 0 saturated carbocycles. The van der Waals surface area contributed by atoms with Crippen molar-refractivity contribution < 1.29 is 19.1 Å². The maximum absolute atomic E-state index is 13.0. The zero-order valence-electron chi connectivity index (χ0n) is 20.0. The molecule has 4 rings (SSSR count). The minimum Gasteiger partial charge on any atom is -0.489 e. The van der Waals surface area contributed by atoms with Crippen LogP contribution in [0.5, 0.6) is 5.75 Å². The van der Waals surface area contributed by atoms with Gasteiger partial charge in [-0.3, -0.25) is 4.79 Å². The number of carbonyl (C=O) groups is 2. The summed E-state index contributed by atoms with van der Waals surface area (Å²) < 4.78 is 11.5. The van der Waals surface area contributed by atoms with E-state index in [9.17, 15) is 9.59 Å². The van der Waals surface area contributed by atoms with Gasteiger partial charge in [-0.1, -0.05) is 103 Å². The van der Waals surface area contributed by atoms with Crippen molar-refractivity contribution in [2.45, 2.75) is 32.1 Å². The Morgan fingerprint density at radius 3 is 1.83 bits per heavy atom. The molecule has 1 N–H and O–H groups in total. The number of rotatable bonds is 11. The average Bonchev–Trinajstić information content (AvgIpc) is 2.92. The summed E-state index contributed by atoms with van der Waals surface area (Å²) in [6.07, 6.45) is 0.472. The van der Waals surface area contributed by atoms with Crippen molar-refractivity contribution in [1.82, 2.24) is 5.32 Å². The molecular weight excluding hydrogens is 450 g/mol. The molecule has 0 spiro atoms. The molecule has 0 aromatic heterocycles. The fourth-order valence-electron chi connectivity index (χ4n) is 3.79. The van der Waals surface area contributed by atoms with Crippen molar-refractivity contribution in [3.8, 4) is 5.75 Å². The van der Waals surface area contributed by atoms with E-state index in [0.29, 0.717) is 12.4 Å². The first kappa shape index (κ1) is 24.7. The summed E-state index contributed by atoms with van der Waals surface area (Å²) in [5.74, 6) is -0.0152. The van der Waals surface area contributed by atoms with Crippen LogP contribution in [0.2, 0.25) is 0 Å². The molecule has 4 aromatic carbocycles. The number of carbonyl (C=O) groups excluding carboxylic acids is 2. The van der Waals surface area contributed by atoms with Gasteiger partial charge >= 0.3 is 5.97 Å². The third-order valence-electron chi connectivity index (χ3n) is 5.64. The van der Waals surface area contributed by atoms with Gasteiger partial charge in [0.05, 0.1) is 6.42 Å². The van der Waals surface area contributed by atoms with E-state index in [1.54, 1.807) is 0 Å². The number of amides is 1. The molecule has 0 unspecified atom stereocenters. The first-order valence-corrected chi connectivity index (χ1v) is 12.0. The predicted octanol–water partition coefficient (Wildman–Crippen LogP) is 5.28. The van der Waals surface area contributed by atoms with Crippen LogP contribution in [-0.4, -0.2) is 17.9 Å². The fraction of sp³-hybridized carbons (Fsp3) is 0.161. The molecule has 5 nitrogen and oxygen atoms in total. The third kappa shape index (κ3) is 7.84. The van der Waals surface area contributed by atoms with Gasteiger partial charge in [0.2, 0.25) is 5.91 Å². The van der Waals surface area contributed by atoms with Crippen LogP contribution in [0.3, 0.4) is 0 Å². The van der Waals surface area contributed by atoms with Crippen molar-refractivity contribution in [2.75, 3.05) is 0 Å². The van der Waals surface area contributed by atoms with Gasteiger partial charge in [0.15, 0.2) is 0 Å². The van der Waals surface area contributed by atoms with Crippen molar-refractivity contribution in [1.29, 1.82) is 0 Å². The molecule has 36 heavy (non-hydrogen) atoms. The Kier molecular flexibility index (Phi) is 8.87. The topological polar surface area (TPSA) is 64.6 Å². The van der Waals surface area contributed by atoms with Crippen LogP contribution < -0.4 is 10.1 Å². The Balaban J connectivity index is 1.43. The van der Waals surface area contributed by atoms with E-state index in [-0.39, 0.29) is 25.4 Å². The third-order valence-corrected chi connectivity index (χ3v) is 5.64. The number of esters is 1. The summed E-state index contributed by atoms with van der Waals surface area (Å²) in [7, 11) is 0. The van der Waals surface area contributed by atoms with Crippen LogP contribution >= 0.6 is 0 Å². The van der Waals surface area contributed by atoms with Gasteiger partial charge in [-0.2, -0.15) is 0 Å². The minimum absolute atomic E-state index is 0.144. The SMILES string of the molecule is O=C(Cc1ccccc1)N[C@@H](Cc1cccc(OCc2ccccc2)c1)C(=O)OCc1ccccc1. The second-order valence-corrected chi connectivity index (χ2v) is 8.50. The summed E-state index contributed by atoms with van der Waals surface area (Å²) in [5.41, 5.74) is 3.69. The van der Waals surface area contributed by atoms with Gasteiger partial charge in [-0.15, -0.1) is 0 Å². The molecular formula is C31H29NO4. The van der Waals surface area contributed by atoms with Crippen LogP contribution in [0.25, 0.3) is 0 Å². The molecule has 0 heterocycles. The zero-order chi connectivity index (χ0) is 25.0. The lowest BCUT2D eigenvalue weighted by molar-refractivity contribution is -0.149. The summed E-state index contributed by atoms with van der Waals surface area (Å²) in [6.45, 7) is 0.589. The Labute approximate surface area is 211 Å². The molecule has 182 valence electrons. The van der Waals surface area contributed by atoms with E-state index in [2.05, 4.69) is 5.32 Å². The average molecular weight is 480 g/mol. The van der Waals surface area contributed by atoms with Crippen LogP contribution in [0.1, 0.15) is 22.3 Å². The number of nitrogens with one attached hydrogen (secondary N) is 1. The number of hydrogen-bond donors (Lipinski definition) is 1. The highest BCUT2D eigenvalue weighted by Crippen LogP contribution is 2.17. The standard InChI is InChI=1S/C31H29NO4/c33-30(21-24-11-4-1-5-12-24)32-29(31(34)36-23-26-15-8-3-9-16-26)20-27-17-10-18-28(19-27)35-22-25-13-6-2-7-14-25/h1-19,29H,20-23H2,(H,32,33)/t29-/m0/s1. The van der Waals surface area contributed by atoms with E-state index in [1.807, 2.05) is 115 Å². The smallest absolute Gasteiger partial charge is 0.329 e. The van der Waals surface area contributed by atoms with Crippen molar-refractivity contribution in [2.24, 2.45) is 0 Å². The highest BCUT2D eigenvalue weighted by molar-refractivity contribution is 5.85. The molecule has 1 amide bonds. The van der Waals surface area contributed by atoms with Gasteiger partial charge in [0.1, 0.15) is 25.0 Å². The summed E-state index contributed by atoms with van der Waals surface area (Å²) >= 11 is 0. The maximum Gasteiger partial charge on any atom is 0.329 e. The minimum atomic E-state index is -0.825. The maximum atomic E-state index is 13.0. The Hall–Kier alpha value is -4.38. The molecule has 0 fully saturated rings. The van der Waals surface area contributed by atoms with E-state index < -0.39 is 12.0 Å². The summed E-state index contributed by atoms with van der Waals surface area (Å²) in [5, 5.41) is 2.87. The predicted molar refractivity (Wildman–Crippen MR) is 139 cm³/mol. The summed E-state index contributed by atoms with van der Waals surface area (Å²) in [4.78, 5) is 25.8. The molecule has 0 bridgehead atoms. The molecule has 1 atom stereocenters. The molecule has 0 radical (unpaired) electrons. The lowest BCUT2D eigenvalue weighted by atomic mass is 10.0. The van der Waals surface area contributed by atoms with Gasteiger partial charge in [-0.05, 0) is 34.4 Å². The first-order valence-electron chi connectivity index (χ1n) is 12.0. The Morgan fingerprint density at radius 1 is 0.639 bits per heavy atom. The van der Waals surface area contributed by atoms with Crippen LogP contribution in [0, 0.1) is 0 Å². The van der Waals surface area contributed by atoms with Gasteiger partial charge in [0, 0.05) is 6.42 Å². The lowest BCUT2D eigenvalue weighted by Gasteiger charge is -2.18. The van der Waals surface area contributed by atoms with Crippen LogP contribution in [-0.2, 0) is 40.4 Å². The fourth-order valence-corrected chi connectivity index (χ4v) is 3.79. The van der Waals surface area contributed by atoms with E-state index in [1.165, 1.54) is 0 Å². The number of benzene rings is 4. The van der Waals surface area contributed by atoms with Gasteiger partial charge in [-0.25, -0.2) is 4.79 Å².